The fraction of sp³-hybridized carbons (Fsp3) is 0.333. The minimum Gasteiger partial charge on any atom is -0.394 e. The second-order valence-corrected chi connectivity index (χ2v) is 3.57. The Morgan fingerprint density at radius 3 is 2.62 bits per heavy atom. The SMILES string of the molecule is C[C@@H](CO)NC(=O)C(C#N)c1ccccc1. The second-order valence-electron chi connectivity index (χ2n) is 3.57. The number of rotatable bonds is 4. The number of benzene rings is 1. The smallest absolute Gasteiger partial charge is 0.242 e. The van der Waals surface area contributed by atoms with Crippen molar-refractivity contribution in [3.05, 3.63) is 35.9 Å². The van der Waals surface area contributed by atoms with Gasteiger partial charge in [0.15, 0.2) is 0 Å². The van der Waals surface area contributed by atoms with E-state index in [1.807, 2.05) is 12.1 Å². The van der Waals surface area contributed by atoms with Crippen molar-refractivity contribution in [1.82, 2.24) is 5.32 Å². The maximum absolute atomic E-state index is 11.7. The third-order valence-corrected chi connectivity index (χ3v) is 2.19. The molecular formula is C12H14N2O2. The number of aliphatic hydroxyl groups excluding tert-OH is 1. The average Bonchev–Trinajstić information content (AvgIpc) is 2.31. The van der Waals surface area contributed by atoms with E-state index in [4.69, 9.17) is 10.4 Å². The lowest BCUT2D eigenvalue weighted by atomic mass is 10.00. The zero-order valence-corrected chi connectivity index (χ0v) is 9.05. The molecule has 0 aliphatic rings. The number of carbonyl (C=O) groups is 1. The molecule has 0 saturated carbocycles. The Balaban J connectivity index is 2.77. The number of nitriles is 1. The molecule has 1 amide bonds. The number of nitrogens with one attached hydrogen (secondary N) is 1. The van der Waals surface area contributed by atoms with Crippen LogP contribution in [0.15, 0.2) is 30.3 Å². The van der Waals surface area contributed by atoms with Gasteiger partial charge < -0.3 is 10.4 Å². The highest BCUT2D eigenvalue weighted by Gasteiger charge is 2.20. The van der Waals surface area contributed by atoms with E-state index >= 15 is 0 Å². The van der Waals surface area contributed by atoms with E-state index in [1.54, 1.807) is 31.2 Å². The molecule has 4 heteroatoms. The maximum atomic E-state index is 11.7. The van der Waals surface area contributed by atoms with Crippen molar-refractivity contribution in [3.63, 3.8) is 0 Å². The highest BCUT2D eigenvalue weighted by molar-refractivity contribution is 5.86. The number of hydrogen-bond acceptors (Lipinski definition) is 3. The lowest BCUT2D eigenvalue weighted by molar-refractivity contribution is -0.122. The van der Waals surface area contributed by atoms with E-state index in [2.05, 4.69) is 5.32 Å². The van der Waals surface area contributed by atoms with Crippen molar-refractivity contribution < 1.29 is 9.90 Å². The van der Waals surface area contributed by atoms with Gasteiger partial charge >= 0.3 is 0 Å². The molecule has 0 aromatic heterocycles. The summed E-state index contributed by atoms with van der Waals surface area (Å²) in [7, 11) is 0. The molecule has 84 valence electrons. The zero-order valence-electron chi connectivity index (χ0n) is 9.05. The Kier molecular flexibility index (Phi) is 4.49. The summed E-state index contributed by atoms with van der Waals surface area (Å²) >= 11 is 0. The van der Waals surface area contributed by atoms with E-state index < -0.39 is 5.92 Å². The molecule has 0 spiro atoms. The fourth-order valence-electron chi connectivity index (χ4n) is 1.30. The molecule has 0 bridgehead atoms. The van der Waals surface area contributed by atoms with Crippen molar-refractivity contribution in [3.8, 4) is 6.07 Å². The molecule has 1 aromatic rings. The van der Waals surface area contributed by atoms with Gasteiger partial charge in [-0.25, -0.2) is 0 Å². The van der Waals surface area contributed by atoms with Crippen molar-refractivity contribution in [2.75, 3.05) is 6.61 Å². The molecule has 0 fully saturated rings. The Labute approximate surface area is 94.5 Å². The summed E-state index contributed by atoms with van der Waals surface area (Å²) in [6.07, 6.45) is 0. The van der Waals surface area contributed by atoms with Crippen LogP contribution in [-0.4, -0.2) is 23.7 Å². The van der Waals surface area contributed by atoms with Gasteiger partial charge in [0.1, 0.15) is 5.92 Å². The summed E-state index contributed by atoms with van der Waals surface area (Å²) in [5.74, 6) is -1.20. The first-order chi connectivity index (χ1) is 7.69. The van der Waals surface area contributed by atoms with Gasteiger partial charge in [0.2, 0.25) is 5.91 Å². The Bertz CT molecular complexity index is 384. The van der Waals surface area contributed by atoms with Gasteiger partial charge in [0.25, 0.3) is 0 Å². The van der Waals surface area contributed by atoms with Gasteiger partial charge in [-0.3, -0.25) is 4.79 Å². The molecule has 0 saturated heterocycles. The predicted molar refractivity (Wildman–Crippen MR) is 59.5 cm³/mol. The molecule has 0 aliphatic heterocycles. The third-order valence-electron chi connectivity index (χ3n) is 2.19. The van der Waals surface area contributed by atoms with Crippen molar-refractivity contribution >= 4 is 5.91 Å². The molecular weight excluding hydrogens is 204 g/mol. The van der Waals surface area contributed by atoms with Gasteiger partial charge in [0, 0.05) is 6.04 Å². The molecule has 0 radical (unpaired) electrons. The summed E-state index contributed by atoms with van der Waals surface area (Å²) in [5.41, 5.74) is 0.660. The highest BCUT2D eigenvalue weighted by Crippen LogP contribution is 2.14. The van der Waals surface area contributed by atoms with E-state index in [0.29, 0.717) is 5.56 Å². The largest absolute Gasteiger partial charge is 0.394 e. The first kappa shape index (κ1) is 12.2. The Morgan fingerprint density at radius 2 is 2.12 bits per heavy atom. The van der Waals surface area contributed by atoms with Gasteiger partial charge in [-0.1, -0.05) is 30.3 Å². The lowest BCUT2D eigenvalue weighted by Gasteiger charge is -2.14. The van der Waals surface area contributed by atoms with Crippen LogP contribution in [0.25, 0.3) is 0 Å². The molecule has 1 unspecified atom stereocenters. The van der Waals surface area contributed by atoms with Crippen LogP contribution in [0.3, 0.4) is 0 Å². The van der Waals surface area contributed by atoms with Crippen LogP contribution >= 0.6 is 0 Å². The van der Waals surface area contributed by atoms with Crippen LogP contribution in [0.2, 0.25) is 0 Å². The number of amides is 1. The number of hydrogen-bond donors (Lipinski definition) is 2. The maximum Gasteiger partial charge on any atom is 0.242 e. The standard InChI is InChI=1S/C12H14N2O2/c1-9(8-15)14-12(16)11(7-13)10-5-3-2-4-6-10/h2-6,9,11,15H,8H2,1H3,(H,14,16)/t9-,11?/m0/s1. The first-order valence-corrected chi connectivity index (χ1v) is 5.04. The average molecular weight is 218 g/mol. The zero-order chi connectivity index (χ0) is 12.0. The van der Waals surface area contributed by atoms with Crippen LogP contribution < -0.4 is 5.32 Å². The van der Waals surface area contributed by atoms with E-state index in [1.165, 1.54) is 0 Å². The Morgan fingerprint density at radius 1 is 1.50 bits per heavy atom. The van der Waals surface area contributed by atoms with Crippen molar-refractivity contribution in [1.29, 1.82) is 5.26 Å². The van der Waals surface area contributed by atoms with Gasteiger partial charge in [-0.2, -0.15) is 5.26 Å². The topological polar surface area (TPSA) is 73.1 Å². The first-order valence-electron chi connectivity index (χ1n) is 5.04. The monoisotopic (exact) mass is 218 g/mol. The molecule has 0 heterocycles. The molecule has 1 aromatic carbocycles. The number of aliphatic hydroxyl groups is 1. The predicted octanol–water partition coefficient (Wildman–Crippen LogP) is 0.791. The fourth-order valence-corrected chi connectivity index (χ4v) is 1.30. The van der Waals surface area contributed by atoms with Crippen molar-refractivity contribution in [2.24, 2.45) is 0 Å². The molecule has 4 nitrogen and oxygen atoms in total. The molecule has 0 aliphatic carbocycles. The van der Waals surface area contributed by atoms with Crippen LogP contribution in [0.4, 0.5) is 0 Å². The minimum atomic E-state index is -0.824. The van der Waals surface area contributed by atoms with Crippen LogP contribution in [0.1, 0.15) is 18.4 Å². The van der Waals surface area contributed by atoms with E-state index in [0.717, 1.165) is 0 Å². The second kappa shape index (κ2) is 5.89. The minimum absolute atomic E-state index is 0.140. The van der Waals surface area contributed by atoms with Gasteiger partial charge in [-0.05, 0) is 12.5 Å². The summed E-state index contributed by atoms with van der Waals surface area (Å²) in [4.78, 5) is 11.7. The lowest BCUT2D eigenvalue weighted by Crippen LogP contribution is -2.37. The Hall–Kier alpha value is -1.86. The molecule has 2 atom stereocenters. The molecule has 1 rings (SSSR count). The number of carbonyl (C=O) groups excluding carboxylic acids is 1. The van der Waals surface area contributed by atoms with E-state index in [-0.39, 0.29) is 18.6 Å². The highest BCUT2D eigenvalue weighted by atomic mass is 16.3. The third kappa shape index (κ3) is 3.07. The van der Waals surface area contributed by atoms with Crippen LogP contribution in [0, 0.1) is 11.3 Å². The number of nitrogens with zero attached hydrogens (tertiary/aromatic N) is 1. The quantitative estimate of drug-likeness (QED) is 0.784. The normalized spacial score (nSPS) is 13.6. The van der Waals surface area contributed by atoms with Gasteiger partial charge in [0.05, 0.1) is 12.7 Å². The summed E-state index contributed by atoms with van der Waals surface area (Å²) in [6, 6.07) is 10.5. The summed E-state index contributed by atoms with van der Waals surface area (Å²) in [5, 5.41) is 20.3. The summed E-state index contributed by atoms with van der Waals surface area (Å²) < 4.78 is 0. The van der Waals surface area contributed by atoms with E-state index in [9.17, 15) is 4.79 Å². The molecule has 2 N–H and O–H groups in total. The van der Waals surface area contributed by atoms with Gasteiger partial charge in [-0.15, -0.1) is 0 Å². The van der Waals surface area contributed by atoms with Crippen molar-refractivity contribution in [2.45, 2.75) is 18.9 Å². The van der Waals surface area contributed by atoms with Crippen LogP contribution in [0.5, 0.6) is 0 Å². The van der Waals surface area contributed by atoms with Crippen LogP contribution in [-0.2, 0) is 4.79 Å². The summed E-state index contributed by atoms with van der Waals surface area (Å²) in [6.45, 7) is 1.54. The molecule has 16 heavy (non-hydrogen) atoms.